The van der Waals surface area contributed by atoms with Crippen LogP contribution in [0, 0.1) is 11.8 Å². The van der Waals surface area contributed by atoms with Crippen molar-refractivity contribution in [2.45, 2.75) is 19.4 Å². The lowest BCUT2D eigenvalue weighted by molar-refractivity contribution is -0.135. The van der Waals surface area contributed by atoms with E-state index in [1.807, 2.05) is 4.90 Å². The molecular weight excluding hydrogens is 270 g/mol. The highest BCUT2D eigenvalue weighted by molar-refractivity contribution is 5.89. The van der Waals surface area contributed by atoms with E-state index in [2.05, 4.69) is 25.9 Å². The molecule has 0 spiro atoms. The van der Waals surface area contributed by atoms with Crippen LogP contribution >= 0.6 is 0 Å². The number of hydrogen-bond donors (Lipinski definition) is 0. The predicted octanol–water partition coefficient (Wildman–Crippen LogP) is -0.110. The first-order chi connectivity index (χ1) is 9.93. The second-order valence-corrected chi connectivity index (χ2v) is 6.49. The van der Waals surface area contributed by atoms with Crippen LogP contribution < -0.4 is 0 Å². The SMILES string of the molecule is COCCN1C[C@H](C(=O)N2C[C@@H](C)[C@@H](N(C)C)C2)CC1=O. The Morgan fingerprint density at radius 2 is 2.05 bits per heavy atom. The summed E-state index contributed by atoms with van der Waals surface area (Å²) < 4.78 is 5.01. The van der Waals surface area contributed by atoms with Gasteiger partial charge in [0.25, 0.3) is 0 Å². The number of nitrogens with zero attached hydrogens (tertiary/aromatic N) is 3. The summed E-state index contributed by atoms with van der Waals surface area (Å²) in [5.74, 6) is 0.509. The summed E-state index contributed by atoms with van der Waals surface area (Å²) in [6, 6.07) is 0.413. The van der Waals surface area contributed by atoms with E-state index >= 15 is 0 Å². The maximum Gasteiger partial charge on any atom is 0.228 e. The van der Waals surface area contributed by atoms with Gasteiger partial charge < -0.3 is 19.4 Å². The van der Waals surface area contributed by atoms with E-state index in [4.69, 9.17) is 4.74 Å². The van der Waals surface area contributed by atoms with Crippen LogP contribution in [-0.2, 0) is 14.3 Å². The zero-order chi connectivity index (χ0) is 15.6. The second-order valence-electron chi connectivity index (χ2n) is 6.49. The van der Waals surface area contributed by atoms with Gasteiger partial charge in [-0.05, 0) is 20.0 Å². The number of hydrogen-bond acceptors (Lipinski definition) is 4. The van der Waals surface area contributed by atoms with Crippen LogP contribution in [0.1, 0.15) is 13.3 Å². The van der Waals surface area contributed by atoms with Crippen molar-refractivity contribution in [3.63, 3.8) is 0 Å². The Hall–Kier alpha value is -1.14. The molecular formula is C15H27N3O3. The third-order valence-electron chi connectivity index (χ3n) is 4.68. The number of carbonyl (C=O) groups is 2. The molecule has 3 atom stereocenters. The number of carbonyl (C=O) groups excluding carboxylic acids is 2. The van der Waals surface area contributed by atoms with Crippen molar-refractivity contribution in [3.8, 4) is 0 Å². The van der Waals surface area contributed by atoms with Crippen molar-refractivity contribution in [3.05, 3.63) is 0 Å². The molecule has 0 radical (unpaired) electrons. The van der Waals surface area contributed by atoms with Gasteiger partial charge in [-0.25, -0.2) is 0 Å². The van der Waals surface area contributed by atoms with Crippen molar-refractivity contribution in [1.29, 1.82) is 0 Å². The van der Waals surface area contributed by atoms with E-state index in [1.54, 1.807) is 12.0 Å². The molecule has 2 rings (SSSR count). The van der Waals surface area contributed by atoms with Gasteiger partial charge in [0.05, 0.1) is 12.5 Å². The molecule has 2 fully saturated rings. The minimum atomic E-state index is -0.178. The molecule has 0 aromatic carbocycles. The van der Waals surface area contributed by atoms with Crippen LogP contribution in [0.3, 0.4) is 0 Å². The molecule has 6 nitrogen and oxygen atoms in total. The normalized spacial score (nSPS) is 29.8. The molecule has 2 heterocycles. The van der Waals surface area contributed by atoms with Gasteiger partial charge in [0.2, 0.25) is 11.8 Å². The first kappa shape index (κ1) is 16.2. The minimum Gasteiger partial charge on any atom is -0.383 e. The van der Waals surface area contributed by atoms with Crippen LogP contribution in [0.15, 0.2) is 0 Å². The van der Waals surface area contributed by atoms with Crippen LogP contribution in [0.2, 0.25) is 0 Å². The molecule has 0 N–H and O–H groups in total. The Labute approximate surface area is 127 Å². The highest BCUT2D eigenvalue weighted by atomic mass is 16.5. The zero-order valence-electron chi connectivity index (χ0n) is 13.5. The molecule has 0 bridgehead atoms. The maximum atomic E-state index is 12.6. The Balaban J connectivity index is 1.91. The van der Waals surface area contributed by atoms with Gasteiger partial charge >= 0.3 is 0 Å². The van der Waals surface area contributed by atoms with Gasteiger partial charge in [-0.1, -0.05) is 6.92 Å². The Morgan fingerprint density at radius 3 is 2.62 bits per heavy atom. The smallest absolute Gasteiger partial charge is 0.228 e. The van der Waals surface area contributed by atoms with Crippen molar-refractivity contribution in [2.75, 3.05) is 54.0 Å². The van der Waals surface area contributed by atoms with E-state index in [1.165, 1.54) is 0 Å². The molecule has 2 aliphatic rings. The Bertz CT molecular complexity index is 400. The minimum absolute atomic E-state index is 0.0711. The monoisotopic (exact) mass is 297 g/mol. The standard InChI is InChI=1S/C15H27N3O3/c1-11-8-18(10-13(11)16(2)3)15(20)12-7-14(19)17(9-12)5-6-21-4/h11-13H,5-10H2,1-4H3/t11-,12-,13+/m1/s1. The van der Waals surface area contributed by atoms with Gasteiger partial charge in [-0.15, -0.1) is 0 Å². The van der Waals surface area contributed by atoms with E-state index in [-0.39, 0.29) is 17.7 Å². The van der Waals surface area contributed by atoms with E-state index in [9.17, 15) is 9.59 Å². The third-order valence-corrected chi connectivity index (χ3v) is 4.68. The molecule has 120 valence electrons. The summed E-state index contributed by atoms with van der Waals surface area (Å²) in [5, 5.41) is 0. The molecule has 0 unspecified atom stereocenters. The van der Waals surface area contributed by atoms with Crippen LogP contribution in [-0.4, -0.2) is 86.5 Å². The van der Waals surface area contributed by atoms with E-state index < -0.39 is 0 Å². The summed E-state index contributed by atoms with van der Waals surface area (Å²) in [5.41, 5.74) is 0. The number of ether oxygens (including phenoxy) is 1. The van der Waals surface area contributed by atoms with Crippen molar-refractivity contribution < 1.29 is 14.3 Å². The number of rotatable bonds is 5. The zero-order valence-corrected chi connectivity index (χ0v) is 13.5. The lowest BCUT2D eigenvalue weighted by atomic mass is 10.1. The lowest BCUT2D eigenvalue weighted by Crippen LogP contribution is -2.39. The van der Waals surface area contributed by atoms with Gasteiger partial charge in [-0.2, -0.15) is 0 Å². The van der Waals surface area contributed by atoms with Crippen molar-refractivity contribution in [2.24, 2.45) is 11.8 Å². The first-order valence-corrected chi connectivity index (χ1v) is 7.66. The molecule has 21 heavy (non-hydrogen) atoms. The highest BCUT2D eigenvalue weighted by Crippen LogP contribution is 2.25. The molecule has 0 saturated carbocycles. The van der Waals surface area contributed by atoms with Gasteiger partial charge in [-0.3, -0.25) is 9.59 Å². The maximum absolute atomic E-state index is 12.6. The molecule has 2 saturated heterocycles. The van der Waals surface area contributed by atoms with Crippen LogP contribution in [0.25, 0.3) is 0 Å². The topological polar surface area (TPSA) is 53.1 Å². The van der Waals surface area contributed by atoms with Gasteiger partial charge in [0, 0.05) is 45.8 Å². The van der Waals surface area contributed by atoms with Crippen molar-refractivity contribution in [1.82, 2.24) is 14.7 Å². The fraction of sp³-hybridized carbons (Fsp3) is 0.867. The summed E-state index contributed by atoms with van der Waals surface area (Å²) in [7, 11) is 5.73. The number of likely N-dealkylation sites (tertiary alicyclic amines) is 2. The Kier molecular flexibility index (Phi) is 5.22. The first-order valence-electron chi connectivity index (χ1n) is 7.66. The molecule has 0 aromatic rings. The quantitative estimate of drug-likeness (QED) is 0.710. The van der Waals surface area contributed by atoms with Gasteiger partial charge in [0.1, 0.15) is 0 Å². The van der Waals surface area contributed by atoms with E-state index in [0.29, 0.717) is 38.1 Å². The fourth-order valence-electron chi connectivity index (χ4n) is 3.42. The molecule has 6 heteroatoms. The average molecular weight is 297 g/mol. The molecule has 2 amide bonds. The second kappa shape index (κ2) is 6.75. The van der Waals surface area contributed by atoms with Crippen LogP contribution in [0.5, 0.6) is 0 Å². The largest absolute Gasteiger partial charge is 0.383 e. The summed E-state index contributed by atoms with van der Waals surface area (Å²) in [6.45, 7) is 5.40. The predicted molar refractivity (Wildman–Crippen MR) is 79.8 cm³/mol. The number of amides is 2. The van der Waals surface area contributed by atoms with Crippen molar-refractivity contribution >= 4 is 11.8 Å². The van der Waals surface area contributed by atoms with Crippen LogP contribution in [0.4, 0.5) is 0 Å². The average Bonchev–Trinajstić information content (AvgIpc) is 2.99. The Morgan fingerprint density at radius 1 is 1.33 bits per heavy atom. The molecule has 2 aliphatic heterocycles. The highest BCUT2D eigenvalue weighted by Gasteiger charge is 2.40. The number of methoxy groups -OCH3 is 1. The van der Waals surface area contributed by atoms with Gasteiger partial charge in [0.15, 0.2) is 0 Å². The fourth-order valence-corrected chi connectivity index (χ4v) is 3.42. The molecule has 0 aromatic heterocycles. The summed E-state index contributed by atoms with van der Waals surface area (Å²) in [4.78, 5) is 30.4. The summed E-state index contributed by atoms with van der Waals surface area (Å²) in [6.07, 6.45) is 0.347. The number of likely N-dealkylation sites (N-methyl/N-ethyl adjacent to an activating group) is 1. The lowest BCUT2D eigenvalue weighted by Gasteiger charge is -2.23. The molecule has 0 aliphatic carbocycles. The third kappa shape index (κ3) is 3.55. The summed E-state index contributed by atoms with van der Waals surface area (Å²) >= 11 is 0. The van der Waals surface area contributed by atoms with E-state index in [0.717, 1.165) is 13.1 Å².